The zero-order valence-electron chi connectivity index (χ0n) is 21.6. The minimum absolute atomic E-state index is 0.116. The molecule has 0 aliphatic carbocycles. The average Bonchev–Trinajstić information content (AvgIpc) is 3.11. The van der Waals surface area contributed by atoms with Crippen LogP contribution in [-0.4, -0.2) is 26.9 Å². The molecule has 0 spiro atoms. The van der Waals surface area contributed by atoms with Gasteiger partial charge in [-0.2, -0.15) is 0 Å². The maximum Gasteiger partial charge on any atom is 0.469 e. The van der Waals surface area contributed by atoms with Crippen molar-refractivity contribution in [1.82, 2.24) is 4.57 Å². The van der Waals surface area contributed by atoms with E-state index in [0.717, 1.165) is 46.5 Å². The van der Waals surface area contributed by atoms with Gasteiger partial charge in [0, 0.05) is 34.9 Å². The largest absolute Gasteiger partial charge is 0.469 e. The molecule has 0 aliphatic rings. The fourth-order valence-corrected chi connectivity index (χ4v) is 5.38. The zero-order valence-corrected chi connectivity index (χ0v) is 23.3. The van der Waals surface area contributed by atoms with Crippen molar-refractivity contribution in [2.45, 2.75) is 59.4 Å². The average molecular weight is 547 g/mol. The third kappa shape index (κ3) is 7.79. The van der Waals surface area contributed by atoms with Crippen LogP contribution in [0.3, 0.4) is 0 Å². The van der Waals surface area contributed by atoms with E-state index in [1.54, 1.807) is 0 Å². The quantitative estimate of drug-likeness (QED) is 0.172. The molecule has 0 bridgehead atoms. The molecule has 0 aliphatic heterocycles. The maximum absolute atomic E-state index is 13.0. The predicted molar refractivity (Wildman–Crippen MR) is 148 cm³/mol. The first-order valence-electron chi connectivity index (χ1n) is 12.6. The van der Waals surface area contributed by atoms with Gasteiger partial charge in [-0.05, 0) is 48.4 Å². The fourth-order valence-electron chi connectivity index (χ4n) is 4.83. The van der Waals surface area contributed by atoms with Crippen molar-refractivity contribution in [1.29, 1.82) is 0 Å². The summed E-state index contributed by atoms with van der Waals surface area (Å²) in [5, 5.41) is 0.605. The molecule has 9 heteroatoms. The van der Waals surface area contributed by atoms with Crippen molar-refractivity contribution in [2.24, 2.45) is 11.7 Å². The van der Waals surface area contributed by atoms with Gasteiger partial charge in [0.2, 0.25) is 0 Å². The van der Waals surface area contributed by atoms with Crippen LogP contribution >= 0.6 is 19.4 Å². The minimum Gasteiger partial charge on any atom is -0.366 e. The second-order valence-corrected chi connectivity index (χ2v) is 11.2. The molecule has 0 fully saturated rings. The summed E-state index contributed by atoms with van der Waals surface area (Å²) in [4.78, 5) is 31.3. The molecule has 3 aromatic rings. The van der Waals surface area contributed by atoms with Crippen molar-refractivity contribution >= 4 is 25.3 Å². The van der Waals surface area contributed by atoms with Crippen LogP contribution in [-0.2, 0) is 28.5 Å². The zero-order chi connectivity index (χ0) is 27.2. The highest BCUT2D eigenvalue weighted by Crippen LogP contribution is 2.39. The van der Waals surface area contributed by atoms with E-state index >= 15 is 0 Å². The van der Waals surface area contributed by atoms with Gasteiger partial charge in [-0.3, -0.25) is 9.32 Å². The van der Waals surface area contributed by atoms with Gasteiger partial charge in [-0.25, -0.2) is 4.57 Å². The second kappa shape index (κ2) is 12.9. The lowest BCUT2D eigenvalue weighted by molar-refractivity contribution is 0.1000. The molecule has 1 aromatic heterocycles. The van der Waals surface area contributed by atoms with Gasteiger partial charge in [0.15, 0.2) is 0 Å². The molecule has 3 rings (SSSR count). The molecular formula is C28H36ClN2O5P. The molecule has 0 saturated heterocycles. The summed E-state index contributed by atoms with van der Waals surface area (Å²) in [5.41, 5.74) is 11.8. The fraction of sp³-hybridized carbons (Fsp3) is 0.393. The van der Waals surface area contributed by atoms with Crippen molar-refractivity contribution in [3.8, 4) is 11.1 Å². The summed E-state index contributed by atoms with van der Waals surface area (Å²) in [6, 6.07) is 15.6. The Morgan fingerprint density at radius 2 is 1.86 bits per heavy atom. The molecule has 200 valence electrons. The Balaban J connectivity index is 2.23. The van der Waals surface area contributed by atoms with Crippen LogP contribution in [0.1, 0.15) is 66.0 Å². The highest BCUT2D eigenvalue weighted by molar-refractivity contribution is 7.46. The molecule has 2 aromatic carbocycles. The number of aromatic nitrogens is 1. The van der Waals surface area contributed by atoms with Crippen LogP contribution in [0.5, 0.6) is 0 Å². The topological polar surface area (TPSA) is 115 Å². The number of nitrogens with two attached hydrogens (primary N) is 1. The highest BCUT2D eigenvalue weighted by atomic mass is 35.5. The van der Waals surface area contributed by atoms with Crippen LogP contribution in [0.15, 0.2) is 48.5 Å². The number of carbonyl (C=O) groups is 1. The van der Waals surface area contributed by atoms with E-state index in [0.29, 0.717) is 42.3 Å². The number of phosphoric acid groups is 1. The number of phosphoric ester groups is 1. The molecule has 0 saturated carbocycles. The van der Waals surface area contributed by atoms with Gasteiger partial charge in [0.1, 0.15) is 0 Å². The van der Waals surface area contributed by atoms with Crippen molar-refractivity contribution in [3.05, 3.63) is 81.6 Å². The summed E-state index contributed by atoms with van der Waals surface area (Å²) in [6.07, 6.45) is 3.59. The first-order valence-corrected chi connectivity index (χ1v) is 14.5. The summed E-state index contributed by atoms with van der Waals surface area (Å²) in [6.45, 7) is 6.55. The van der Waals surface area contributed by atoms with Crippen molar-refractivity contribution < 1.29 is 23.7 Å². The van der Waals surface area contributed by atoms with E-state index in [2.05, 4.69) is 18.4 Å². The van der Waals surface area contributed by atoms with E-state index in [1.165, 1.54) is 0 Å². The van der Waals surface area contributed by atoms with Gasteiger partial charge >= 0.3 is 7.82 Å². The molecular weight excluding hydrogens is 511 g/mol. The van der Waals surface area contributed by atoms with E-state index in [1.807, 2.05) is 55.5 Å². The van der Waals surface area contributed by atoms with Crippen LogP contribution in [0.4, 0.5) is 0 Å². The van der Waals surface area contributed by atoms with E-state index in [4.69, 9.17) is 31.6 Å². The number of amides is 1. The Morgan fingerprint density at radius 3 is 2.46 bits per heavy atom. The van der Waals surface area contributed by atoms with Gasteiger partial charge < -0.3 is 20.1 Å². The maximum atomic E-state index is 13.0. The van der Waals surface area contributed by atoms with Crippen LogP contribution < -0.4 is 5.73 Å². The van der Waals surface area contributed by atoms with Crippen LogP contribution in [0.25, 0.3) is 11.1 Å². The molecule has 1 amide bonds. The van der Waals surface area contributed by atoms with Crippen molar-refractivity contribution in [3.63, 3.8) is 0 Å². The number of hydrogen-bond acceptors (Lipinski definition) is 3. The second-order valence-electron chi connectivity index (χ2n) is 9.56. The smallest absolute Gasteiger partial charge is 0.366 e. The number of benzene rings is 2. The van der Waals surface area contributed by atoms with Gasteiger partial charge in [-0.15, -0.1) is 0 Å². The Bertz CT molecular complexity index is 1270. The van der Waals surface area contributed by atoms with E-state index in [9.17, 15) is 9.36 Å². The van der Waals surface area contributed by atoms with Crippen molar-refractivity contribution in [2.75, 3.05) is 6.61 Å². The lowest BCUT2D eigenvalue weighted by Gasteiger charge is -2.18. The Morgan fingerprint density at radius 1 is 1.16 bits per heavy atom. The number of aryl methyl sites for hydroxylation is 1. The Kier molecular flexibility index (Phi) is 10.2. The summed E-state index contributed by atoms with van der Waals surface area (Å²) >= 11 is 6.51. The molecule has 7 nitrogen and oxygen atoms in total. The van der Waals surface area contributed by atoms with Gasteiger partial charge in [0.25, 0.3) is 5.91 Å². The first-order chi connectivity index (χ1) is 17.5. The van der Waals surface area contributed by atoms with E-state index < -0.39 is 13.7 Å². The molecule has 4 N–H and O–H groups in total. The number of halogens is 1. The molecule has 1 heterocycles. The number of carbonyl (C=O) groups excluding carboxylic acids is 1. The normalized spacial score (nSPS) is 12.6. The van der Waals surface area contributed by atoms with E-state index in [-0.39, 0.29) is 6.61 Å². The number of nitrogens with zero attached hydrogens (tertiary/aromatic N) is 1. The lowest BCUT2D eigenvalue weighted by Crippen LogP contribution is -2.16. The predicted octanol–water partition coefficient (Wildman–Crippen LogP) is 6.28. The van der Waals surface area contributed by atoms with Gasteiger partial charge in [0.05, 0.1) is 12.2 Å². The van der Waals surface area contributed by atoms with Crippen LogP contribution in [0, 0.1) is 12.8 Å². The summed E-state index contributed by atoms with van der Waals surface area (Å²) in [7, 11) is -4.57. The third-order valence-corrected chi connectivity index (χ3v) is 7.44. The SMILES string of the molecule is CCCC(C)Cc1c(-c2ccc(C)c(Cl)c2)c(C(N)=O)c(Cc2ccccc2)n1CCCOP(=O)(O)O. The Labute approximate surface area is 223 Å². The molecule has 37 heavy (non-hydrogen) atoms. The monoisotopic (exact) mass is 546 g/mol. The lowest BCUT2D eigenvalue weighted by atomic mass is 9.92. The number of hydrogen-bond donors (Lipinski definition) is 3. The minimum atomic E-state index is -4.57. The molecule has 0 radical (unpaired) electrons. The standard InChI is InChI=1S/C28H36ClN2O5P/c1-4-9-19(2)16-24-26(22-13-12-20(3)23(29)18-22)27(28(30)32)25(17-21-10-6-5-7-11-21)31(24)14-8-15-36-37(33,34)35/h5-7,10-13,18-19H,4,8-9,14-17H2,1-3H3,(H2,30,32)(H2,33,34,35). The Hall–Kier alpha value is -2.41. The summed E-state index contributed by atoms with van der Waals surface area (Å²) in [5.74, 6) is -0.179. The van der Waals surface area contributed by atoms with Crippen LogP contribution in [0.2, 0.25) is 5.02 Å². The summed E-state index contributed by atoms with van der Waals surface area (Å²) < 4.78 is 18.0. The van der Waals surface area contributed by atoms with Gasteiger partial charge in [-0.1, -0.05) is 80.8 Å². The highest BCUT2D eigenvalue weighted by Gasteiger charge is 2.28. The molecule has 1 atom stereocenters. The first kappa shape index (κ1) is 29.2. The third-order valence-electron chi connectivity index (χ3n) is 6.51. The molecule has 1 unspecified atom stereocenters. The number of rotatable bonds is 13. The number of primary amides is 1.